The second-order valence-corrected chi connectivity index (χ2v) is 3.66. The predicted molar refractivity (Wildman–Crippen MR) is 51.8 cm³/mol. The number of hydrogen-bond acceptors (Lipinski definition) is 2. The first-order chi connectivity index (χ1) is 6.15. The Morgan fingerprint density at radius 1 is 1.77 bits per heavy atom. The van der Waals surface area contributed by atoms with E-state index < -0.39 is 0 Å². The van der Waals surface area contributed by atoms with Gasteiger partial charge >= 0.3 is 0 Å². The van der Waals surface area contributed by atoms with Gasteiger partial charge in [-0.05, 0) is 18.8 Å². The van der Waals surface area contributed by atoms with E-state index in [0.717, 1.165) is 0 Å². The van der Waals surface area contributed by atoms with Crippen LogP contribution in [0.2, 0.25) is 0 Å². The van der Waals surface area contributed by atoms with Gasteiger partial charge in [-0.25, -0.2) is 0 Å². The number of terminal acetylenes is 1. The number of nitrogens with two attached hydrogens (primary N) is 1. The molecular weight excluding hydrogens is 164 g/mol. The Kier molecular flexibility index (Phi) is 3.32. The van der Waals surface area contributed by atoms with Crippen molar-refractivity contribution in [2.24, 2.45) is 11.7 Å². The van der Waals surface area contributed by atoms with Gasteiger partial charge in [-0.2, -0.15) is 0 Å². The van der Waals surface area contributed by atoms with Crippen molar-refractivity contribution in [3.05, 3.63) is 0 Å². The second-order valence-electron chi connectivity index (χ2n) is 3.66. The summed E-state index contributed by atoms with van der Waals surface area (Å²) in [7, 11) is 1.71. The summed E-state index contributed by atoms with van der Waals surface area (Å²) in [6.07, 6.45) is 7.88. The Morgan fingerprint density at radius 2 is 2.38 bits per heavy atom. The monoisotopic (exact) mass is 180 g/mol. The van der Waals surface area contributed by atoms with Crippen molar-refractivity contribution in [1.82, 2.24) is 4.90 Å². The Hall–Kier alpha value is -1.01. The highest BCUT2D eigenvalue weighted by atomic mass is 16.2. The van der Waals surface area contributed by atoms with Crippen LogP contribution in [-0.4, -0.2) is 30.4 Å². The SMILES string of the molecule is C#CCN(C)C(=O)CC(N)C1CC1. The fourth-order valence-corrected chi connectivity index (χ4v) is 1.27. The molecule has 1 atom stereocenters. The molecule has 13 heavy (non-hydrogen) atoms. The molecule has 3 nitrogen and oxygen atoms in total. The Bertz CT molecular complexity index is 228. The number of rotatable bonds is 4. The van der Waals surface area contributed by atoms with Crippen LogP contribution < -0.4 is 5.73 Å². The van der Waals surface area contributed by atoms with Crippen LogP contribution in [0, 0.1) is 18.3 Å². The molecule has 1 rings (SSSR count). The number of hydrogen-bond donors (Lipinski definition) is 1. The van der Waals surface area contributed by atoms with Gasteiger partial charge in [0, 0.05) is 19.5 Å². The summed E-state index contributed by atoms with van der Waals surface area (Å²) in [5.74, 6) is 3.06. The first kappa shape index (κ1) is 10.1. The topological polar surface area (TPSA) is 46.3 Å². The molecule has 1 saturated carbocycles. The molecule has 0 aliphatic heterocycles. The summed E-state index contributed by atoms with van der Waals surface area (Å²) in [5.41, 5.74) is 5.81. The van der Waals surface area contributed by atoms with E-state index in [1.165, 1.54) is 12.8 Å². The molecule has 1 fully saturated rings. The molecule has 1 aliphatic rings. The van der Waals surface area contributed by atoms with E-state index >= 15 is 0 Å². The molecule has 1 aliphatic carbocycles. The van der Waals surface area contributed by atoms with Crippen molar-refractivity contribution >= 4 is 5.91 Å². The van der Waals surface area contributed by atoms with Crippen molar-refractivity contribution in [3.8, 4) is 12.3 Å². The van der Waals surface area contributed by atoms with Gasteiger partial charge in [-0.1, -0.05) is 5.92 Å². The predicted octanol–water partition coefficient (Wildman–Crippen LogP) is 0.205. The molecule has 0 bridgehead atoms. The van der Waals surface area contributed by atoms with E-state index in [-0.39, 0.29) is 11.9 Å². The molecule has 2 N–H and O–H groups in total. The fraction of sp³-hybridized carbons (Fsp3) is 0.700. The Labute approximate surface area is 79.3 Å². The Morgan fingerprint density at radius 3 is 2.85 bits per heavy atom. The van der Waals surface area contributed by atoms with E-state index in [1.807, 2.05) is 0 Å². The van der Waals surface area contributed by atoms with Gasteiger partial charge in [0.1, 0.15) is 0 Å². The van der Waals surface area contributed by atoms with Crippen molar-refractivity contribution in [2.45, 2.75) is 25.3 Å². The zero-order valence-electron chi connectivity index (χ0n) is 7.99. The fourth-order valence-electron chi connectivity index (χ4n) is 1.27. The first-order valence-electron chi connectivity index (χ1n) is 4.58. The van der Waals surface area contributed by atoms with Gasteiger partial charge < -0.3 is 10.6 Å². The lowest BCUT2D eigenvalue weighted by Gasteiger charge is -2.16. The first-order valence-corrected chi connectivity index (χ1v) is 4.58. The van der Waals surface area contributed by atoms with Crippen LogP contribution in [0.1, 0.15) is 19.3 Å². The van der Waals surface area contributed by atoms with E-state index in [0.29, 0.717) is 18.9 Å². The van der Waals surface area contributed by atoms with Crippen LogP contribution in [0.25, 0.3) is 0 Å². The molecular formula is C10H16N2O. The van der Waals surface area contributed by atoms with Crippen LogP contribution in [0.15, 0.2) is 0 Å². The molecule has 0 aromatic carbocycles. The lowest BCUT2D eigenvalue weighted by Crippen LogP contribution is -2.34. The average Bonchev–Trinajstić information content (AvgIpc) is 2.86. The molecule has 0 spiro atoms. The van der Waals surface area contributed by atoms with Crippen molar-refractivity contribution < 1.29 is 4.79 Å². The van der Waals surface area contributed by atoms with E-state index in [9.17, 15) is 4.79 Å². The van der Waals surface area contributed by atoms with Crippen molar-refractivity contribution in [2.75, 3.05) is 13.6 Å². The zero-order chi connectivity index (χ0) is 9.84. The quantitative estimate of drug-likeness (QED) is 0.628. The maximum Gasteiger partial charge on any atom is 0.224 e. The largest absolute Gasteiger partial charge is 0.335 e. The lowest BCUT2D eigenvalue weighted by molar-refractivity contribution is -0.129. The Balaban J connectivity index is 2.27. The molecule has 0 radical (unpaired) electrons. The number of carbonyl (C=O) groups excluding carboxylic acids is 1. The van der Waals surface area contributed by atoms with Gasteiger partial charge in [0.05, 0.1) is 6.54 Å². The molecule has 0 aromatic rings. The van der Waals surface area contributed by atoms with Gasteiger partial charge in [0.2, 0.25) is 5.91 Å². The summed E-state index contributed by atoms with van der Waals surface area (Å²) in [4.78, 5) is 13.0. The molecule has 0 aromatic heterocycles. The summed E-state index contributed by atoms with van der Waals surface area (Å²) in [6.45, 7) is 0.371. The third-order valence-electron chi connectivity index (χ3n) is 2.39. The highest BCUT2D eigenvalue weighted by Crippen LogP contribution is 2.32. The minimum Gasteiger partial charge on any atom is -0.335 e. The third kappa shape index (κ3) is 3.08. The number of nitrogens with zero attached hydrogens (tertiary/aromatic N) is 1. The molecule has 1 amide bonds. The summed E-state index contributed by atoms with van der Waals surface area (Å²) < 4.78 is 0. The maximum atomic E-state index is 11.4. The van der Waals surface area contributed by atoms with Crippen LogP contribution in [0.3, 0.4) is 0 Å². The standard InChI is InChI=1S/C10H16N2O/c1-3-6-12(2)10(13)7-9(11)8-4-5-8/h1,8-9H,4-7,11H2,2H3. The summed E-state index contributed by atoms with van der Waals surface area (Å²) >= 11 is 0. The van der Waals surface area contributed by atoms with Crippen LogP contribution in [0.5, 0.6) is 0 Å². The zero-order valence-corrected chi connectivity index (χ0v) is 7.99. The lowest BCUT2D eigenvalue weighted by atomic mass is 10.1. The molecule has 0 saturated heterocycles. The van der Waals surface area contributed by atoms with Crippen molar-refractivity contribution in [1.29, 1.82) is 0 Å². The van der Waals surface area contributed by atoms with Crippen LogP contribution in [0.4, 0.5) is 0 Å². The van der Waals surface area contributed by atoms with Gasteiger partial charge in [0.25, 0.3) is 0 Å². The van der Waals surface area contributed by atoms with Gasteiger partial charge in [-0.3, -0.25) is 4.79 Å². The van der Waals surface area contributed by atoms with E-state index in [1.54, 1.807) is 11.9 Å². The number of amides is 1. The summed E-state index contributed by atoms with van der Waals surface area (Å²) in [6, 6.07) is 0.0349. The molecule has 1 unspecified atom stereocenters. The maximum absolute atomic E-state index is 11.4. The number of carbonyl (C=O) groups is 1. The van der Waals surface area contributed by atoms with E-state index in [2.05, 4.69) is 5.92 Å². The smallest absolute Gasteiger partial charge is 0.224 e. The van der Waals surface area contributed by atoms with Crippen molar-refractivity contribution in [3.63, 3.8) is 0 Å². The summed E-state index contributed by atoms with van der Waals surface area (Å²) in [5, 5.41) is 0. The minimum atomic E-state index is 0.0349. The van der Waals surface area contributed by atoms with Gasteiger partial charge in [-0.15, -0.1) is 6.42 Å². The second kappa shape index (κ2) is 4.29. The van der Waals surface area contributed by atoms with Crippen LogP contribution >= 0.6 is 0 Å². The van der Waals surface area contributed by atoms with Gasteiger partial charge in [0.15, 0.2) is 0 Å². The normalized spacial score (nSPS) is 17.6. The molecule has 3 heteroatoms. The highest BCUT2D eigenvalue weighted by molar-refractivity contribution is 5.76. The average molecular weight is 180 g/mol. The molecule has 0 heterocycles. The van der Waals surface area contributed by atoms with E-state index in [4.69, 9.17) is 12.2 Å². The third-order valence-corrected chi connectivity index (χ3v) is 2.39. The minimum absolute atomic E-state index is 0.0349. The van der Waals surface area contributed by atoms with Crippen LogP contribution in [-0.2, 0) is 4.79 Å². The highest BCUT2D eigenvalue weighted by Gasteiger charge is 2.30. The molecule has 72 valence electrons.